The molecule has 1 N–H and O–H groups in total. The van der Waals surface area contributed by atoms with Crippen molar-refractivity contribution in [3.05, 3.63) is 80.5 Å². The van der Waals surface area contributed by atoms with Crippen LogP contribution in [0.15, 0.2) is 53.3 Å². The van der Waals surface area contributed by atoms with Crippen LogP contribution in [0.25, 0.3) is 21.6 Å². The Morgan fingerprint density at radius 2 is 1.82 bits per heavy atom. The molecule has 0 fully saturated rings. The quantitative estimate of drug-likeness (QED) is 0.420. The number of carbonyl (C=O) groups is 1. The van der Waals surface area contributed by atoms with Gasteiger partial charge in [0, 0.05) is 16.1 Å². The van der Waals surface area contributed by atoms with Crippen LogP contribution in [-0.4, -0.2) is 15.5 Å². The van der Waals surface area contributed by atoms with Crippen LogP contribution in [-0.2, 0) is 17.6 Å². The van der Waals surface area contributed by atoms with Gasteiger partial charge in [0.25, 0.3) is 5.56 Å². The van der Waals surface area contributed by atoms with Gasteiger partial charge in [-0.05, 0) is 69.2 Å². The molecule has 1 atom stereocenters. The summed E-state index contributed by atoms with van der Waals surface area (Å²) in [5, 5.41) is 3.73. The summed E-state index contributed by atoms with van der Waals surface area (Å²) in [6, 6.07) is 14.8. The van der Waals surface area contributed by atoms with E-state index in [2.05, 4.69) is 5.32 Å². The van der Waals surface area contributed by atoms with Crippen molar-refractivity contribution >= 4 is 33.1 Å². The largest absolute Gasteiger partial charge is 0.324 e. The summed E-state index contributed by atoms with van der Waals surface area (Å²) in [6.07, 6.45) is 4.13. The molecule has 5 nitrogen and oxygen atoms in total. The molecule has 168 valence electrons. The van der Waals surface area contributed by atoms with Crippen molar-refractivity contribution < 1.29 is 4.79 Å². The van der Waals surface area contributed by atoms with Gasteiger partial charge >= 0.3 is 0 Å². The predicted octanol–water partition coefficient (Wildman–Crippen LogP) is 5.82. The molecule has 2 aromatic heterocycles. The van der Waals surface area contributed by atoms with Crippen LogP contribution in [0, 0.1) is 13.8 Å². The minimum atomic E-state index is -0.719. The third kappa shape index (κ3) is 3.78. The number of anilines is 1. The Balaban J connectivity index is 1.66. The van der Waals surface area contributed by atoms with Crippen LogP contribution >= 0.6 is 11.3 Å². The number of fused-ring (bicyclic) bond motifs is 3. The second-order valence-electron chi connectivity index (χ2n) is 8.78. The van der Waals surface area contributed by atoms with E-state index in [-0.39, 0.29) is 11.5 Å². The van der Waals surface area contributed by atoms with Gasteiger partial charge in [0.2, 0.25) is 5.91 Å². The second-order valence-corrected chi connectivity index (χ2v) is 9.86. The first-order valence-electron chi connectivity index (χ1n) is 11.4. The van der Waals surface area contributed by atoms with Crippen LogP contribution in [0.4, 0.5) is 5.69 Å². The molecule has 2 aromatic carbocycles. The first-order valence-corrected chi connectivity index (χ1v) is 12.3. The number of aryl methyl sites for hydroxylation is 3. The number of rotatable bonds is 4. The summed E-state index contributed by atoms with van der Waals surface area (Å²) in [4.78, 5) is 34.3. The maximum atomic E-state index is 13.9. The van der Waals surface area contributed by atoms with Crippen LogP contribution < -0.4 is 10.9 Å². The average molecular weight is 458 g/mol. The third-order valence-electron chi connectivity index (χ3n) is 6.68. The van der Waals surface area contributed by atoms with Gasteiger partial charge in [0.1, 0.15) is 16.7 Å². The van der Waals surface area contributed by atoms with Gasteiger partial charge in [-0.15, -0.1) is 11.3 Å². The SMILES string of the molecule is Cc1cccc(NC(=O)C(C)n2c(-c3ccccc3)nc3sc4c(c3c2=O)CCCC4)c1C. The number of benzene rings is 2. The third-order valence-corrected chi connectivity index (χ3v) is 7.87. The molecule has 1 aliphatic carbocycles. The molecule has 0 aliphatic heterocycles. The smallest absolute Gasteiger partial charge is 0.263 e. The Hall–Kier alpha value is -3.25. The standard InChI is InChI=1S/C27H27N3O2S/c1-16-10-9-14-21(17(16)2)28-25(31)18(3)30-24(19-11-5-4-6-12-19)29-26-23(27(30)32)20-13-7-8-15-22(20)33-26/h4-6,9-12,14,18H,7-8,13,15H2,1-3H3,(H,28,31). The van der Waals surface area contributed by atoms with Crippen molar-refractivity contribution in [2.45, 2.75) is 52.5 Å². The van der Waals surface area contributed by atoms with Gasteiger partial charge in [0.05, 0.1) is 5.39 Å². The fourth-order valence-corrected chi connectivity index (χ4v) is 5.86. The van der Waals surface area contributed by atoms with Crippen LogP contribution in [0.1, 0.15) is 47.4 Å². The van der Waals surface area contributed by atoms with Gasteiger partial charge < -0.3 is 5.32 Å². The molecule has 0 radical (unpaired) electrons. The number of carbonyl (C=O) groups excluding carboxylic acids is 1. The molecule has 33 heavy (non-hydrogen) atoms. The zero-order valence-corrected chi connectivity index (χ0v) is 20.0. The minimum absolute atomic E-state index is 0.123. The molecule has 0 saturated heterocycles. The highest BCUT2D eigenvalue weighted by atomic mass is 32.1. The predicted molar refractivity (Wildman–Crippen MR) is 135 cm³/mol. The molecule has 6 heteroatoms. The van der Waals surface area contributed by atoms with Gasteiger partial charge in [0.15, 0.2) is 0 Å². The average Bonchev–Trinajstić information content (AvgIpc) is 3.21. The highest BCUT2D eigenvalue weighted by molar-refractivity contribution is 7.18. The molecule has 4 aromatic rings. The topological polar surface area (TPSA) is 64.0 Å². The van der Waals surface area contributed by atoms with E-state index in [9.17, 15) is 9.59 Å². The zero-order valence-electron chi connectivity index (χ0n) is 19.1. The van der Waals surface area contributed by atoms with Gasteiger partial charge in [-0.2, -0.15) is 0 Å². The van der Waals surface area contributed by atoms with Crippen molar-refractivity contribution in [1.29, 1.82) is 0 Å². The number of thiophene rings is 1. The summed E-state index contributed by atoms with van der Waals surface area (Å²) in [5.74, 6) is 0.309. The minimum Gasteiger partial charge on any atom is -0.324 e. The Labute approximate surface area is 197 Å². The Morgan fingerprint density at radius 1 is 1.06 bits per heavy atom. The summed E-state index contributed by atoms with van der Waals surface area (Å²) in [7, 11) is 0. The summed E-state index contributed by atoms with van der Waals surface area (Å²) in [6.45, 7) is 5.78. The first-order chi connectivity index (χ1) is 16.0. The molecule has 0 saturated carbocycles. The Morgan fingerprint density at radius 3 is 2.61 bits per heavy atom. The summed E-state index contributed by atoms with van der Waals surface area (Å²) >= 11 is 1.63. The Bertz CT molecular complexity index is 1420. The molecular weight excluding hydrogens is 430 g/mol. The highest BCUT2D eigenvalue weighted by Crippen LogP contribution is 2.35. The lowest BCUT2D eigenvalue weighted by Gasteiger charge is -2.20. The molecule has 0 spiro atoms. The summed E-state index contributed by atoms with van der Waals surface area (Å²) < 4.78 is 1.58. The van der Waals surface area contributed by atoms with E-state index in [4.69, 9.17) is 4.98 Å². The van der Waals surface area contributed by atoms with Crippen molar-refractivity contribution in [3.8, 4) is 11.4 Å². The van der Waals surface area contributed by atoms with E-state index in [0.717, 1.165) is 58.5 Å². The lowest BCUT2D eigenvalue weighted by atomic mass is 9.97. The molecule has 1 aliphatic rings. The van der Waals surface area contributed by atoms with Crippen molar-refractivity contribution in [3.63, 3.8) is 0 Å². The van der Waals surface area contributed by atoms with E-state index in [0.29, 0.717) is 11.2 Å². The zero-order chi connectivity index (χ0) is 23.1. The van der Waals surface area contributed by atoms with Gasteiger partial charge in [-0.25, -0.2) is 4.98 Å². The Kier molecular flexibility index (Phi) is 5.62. The van der Waals surface area contributed by atoms with Crippen molar-refractivity contribution in [1.82, 2.24) is 9.55 Å². The van der Waals surface area contributed by atoms with Crippen LogP contribution in [0.3, 0.4) is 0 Å². The lowest BCUT2D eigenvalue weighted by molar-refractivity contribution is -0.118. The number of aromatic nitrogens is 2. The maximum Gasteiger partial charge on any atom is 0.263 e. The molecule has 2 heterocycles. The fraction of sp³-hybridized carbons (Fsp3) is 0.296. The van der Waals surface area contributed by atoms with E-state index in [1.165, 1.54) is 4.88 Å². The molecule has 1 amide bonds. The van der Waals surface area contributed by atoms with E-state index >= 15 is 0 Å². The van der Waals surface area contributed by atoms with Crippen LogP contribution in [0.5, 0.6) is 0 Å². The highest BCUT2D eigenvalue weighted by Gasteiger charge is 2.27. The maximum absolute atomic E-state index is 13.9. The summed E-state index contributed by atoms with van der Waals surface area (Å²) in [5.41, 5.74) is 4.73. The molecule has 5 rings (SSSR count). The molecule has 1 unspecified atom stereocenters. The van der Waals surface area contributed by atoms with E-state index in [1.807, 2.05) is 62.4 Å². The normalized spacial score (nSPS) is 14.2. The molecule has 0 bridgehead atoms. The van der Waals surface area contributed by atoms with E-state index in [1.54, 1.807) is 22.8 Å². The second kappa shape index (κ2) is 8.60. The van der Waals surface area contributed by atoms with Gasteiger partial charge in [-0.3, -0.25) is 14.2 Å². The number of nitrogens with zero attached hydrogens (tertiary/aromatic N) is 2. The number of nitrogens with one attached hydrogen (secondary N) is 1. The lowest BCUT2D eigenvalue weighted by Crippen LogP contribution is -2.33. The number of hydrogen-bond acceptors (Lipinski definition) is 4. The molecular formula is C27H27N3O2S. The fourth-order valence-electron chi connectivity index (χ4n) is 4.61. The first kappa shape index (κ1) is 21.6. The van der Waals surface area contributed by atoms with Crippen molar-refractivity contribution in [2.24, 2.45) is 0 Å². The monoisotopic (exact) mass is 457 g/mol. The van der Waals surface area contributed by atoms with E-state index < -0.39 is 6.04 Å². The van der Waals surface area contributed by atoms with Crippen LogP contribution in [0.2, 0.25) is 0 Å². The number of amides is 1. The number of hydrogen-bond donors (Lipinski definition) is 1. The van der Waals surface area contributed by atoms with Crippen molar-refractivity contribution in [2.75, 3.05) is 5.32 Å². The van der Waals surface area contributed by atoms with Gasteiger partial charge in [-0.1, -0.05) is 42.5 Å².